The summed E-state index contributed by atoms with van der Waals surface area (Å²) in [7, 11) is -3.67. The number of rotatable bonds is 12. The van der Waals surface area contributed by atoms with E-state index in [4.69, 9.17) is 21.8 Å². The molecule has 0 radical (unpaired) electrons. The van der Waals surface area contributed by atoms with Gasteiger partial charge in [-0.2, -0.15) is 0 Å². The van der Waals surface area contributed by atoms with Crippen LogP contribution in [0.25, 0.3) is 6.08 Å². The fourth-order valence-corrected chi connectivity index (χ4v) is 5.30. The maximum Gasteiger partial charge on any atom is 0.289 e. The van der Waals surface area contributed by atoms with Gasteiger partial charge in [0.25, 0.3) is 5.91 Å². The predicted octanol–water partition coefficient (Wildman–Crippen LogP) is 2.98. The molecule has 4 N–H and O–H groups in total. The van der Waals surface area contributed by atoms with Gasteiger partial charge in [0.15, 0.2) is 10.9 Å². The molecule has 2 heterocycles. The van der Waals surface area contributed by atoms with E-state index < -0.39 is 10.0 Å². The fourth-order valence-electron chi connectivity index (χ4n) is 3.13. The van der Waals surface area contributed by atoms with Gasteiger partial charge in [0.1, 0.15) is 0 Å². The summed E-state index contributed by atoms with van der Waals surface area (Å²) in [6, 6.07) is 8.49. The van der Waals surface area contributed by atoms with E-state index in [2.05, 4.69) is 9.71 Å². The molecule has 1 aromatic carbocycles. The average molecular weight is 525 g/mol. The van der Waals surface area contributed by atoms with Crippen LogP contribution in [0.2, 0.25) is 5.02 Å². The standard InChI is InChI=1S/C22H25ClN4O5S2/c23-19-6-1-4-16(18(19)14-24)5-3-13-34(30,31)26-22-25-17(15-33-22)8-9-27(10-11-28)21(29)20-7-2-12-32-20/h1-7,12,15,28H,8-11,13-14,24H2,(H,25,26). The van der Waals surface area contributed by atoms with E-state index in [0.29, 0.717) is 23.7 Å². The Hall–Kier alpha value is -2.70. The molecule has 12 heteroatoms. The summed E-state index contributed by atoms with van der Waals surface area (Å²) in [6.45, 7) is 0.495. The van der Waals surface area contributed by atoms with Crippen LogP contribution in [-0.2, 0) is 23.0 Å². The number of nitrogens with zero attached hydrogens (tertiary/aromatic N) is 2. The lowest BCUT2D eigenvalue weighted by atomic mass is 10.1. The number of sulfonamides is 1. The van der Waals surface area contributed by atoms with Crippen molar-refractivity contribution in [1.82, 2.24) is 9.88 Å². The van der Waals surface area contributed by atoms with Crippen LogP contribution in [0.5, 0.6) is 0 Å². The molecule has 2 aromatic heterocycles. The molecule has 0 atom stereocenters. The fraction of sp³-hybridized carbons (Fsp3) is 0.273. The summed E-state index contributed by atoms with van der Waals surface area (Å²) in [5.74, 6) is -0.399. The SMILES string of the molecule is NCc1c(Cl)cccc1C=CCS(=O)(=O)Nc1nc(CCN(CCO)C(=O)c2ccco2)cs1. The molecule has 1 amide bonds. The van der Waals surface area contributed by atoms with Gasteiger partial charge in [-0.25, -0.2) is 13.4 Å². The highest BCUT2D eigenvalue weighted by Crippen LogP contribution is 2.21. The van der Waals surface area contributed by atoms with Gasteiger partial charge in [-0.05, 0) is 29.3 Å². The Kier molecular flexibility index (Phi) is 9.25. The number of aliphatic hydroxyl groups excluding tert-OH is 1. The van der Waals surface area contributed by atoms with Crippen LogP contribution in [0.4, 0.5) is 5.13 Å². The number of anilines is 1. The van der Waals surface area contributed by atoms with E-state index in [9.17, 15) is 18.3 Å². The van der Waals surface area contributed by atoms with Gasteiger partial charge in [0.2, 0.25) is 10.0 Å². The normalized spacial score (nSPS) is 11.7. The van der Waals surface area contributed by atoms with Crippen molar-refractivity contribution >= 4 is 50.1 Å². The zero-order valence-electron chi connectivity index (χ0n) is 18.2. The first-order chi connectivity index (χ1) is 16.3. The minimum Gasteiger partial charge on any atom is -0.459 e. The third kappa shape index (κ3) is 7.15. The minimum absolute atomic E-state index is 0.147. The Balaban J connectivity index is 1.57. The first-order valence-electron chi connectivity index (χ1n) is 10.4. The Morgan fingerprint density at radius 2 is 2.12 bits per heavy atom. The van der Waals surface area contributed by atoms with Crippen LogP contribution in [0.1, 0.15) is 27.4 Å². The van der Waals surface area contributed by atoms with Crippen LogP contribution in [0, 0.1) is 0 Å². The number of carbonyl (C=O) groups excluding carboxylic acids is 1. The van der Waals surface area contributed by atoms with E-state index in [1.54, 1.807) is 35.7 Å². The third-order valence-corrected chi connectivity index (χ3v) is 7.22. The van der Waals surface area contributed by atoms with Gasteiger partial charge in [0.05, 0.1) is 24.3 Å². The first-order valence-corrected chi connectivity index (χ1v) is 13.3. The first kappa shape index (κ1) is 25.9. The average Bonchev–Trinajstić information content (AvgIpc) is 3.48. The Bertz CT molecular complexity index is 1230. The lowest BCUT2D eigenvalue weighted by Gasteiger charge is -2.20. The Labute approximate surface area is 206 Å². The number of thiazole rings is 1. The number of carbonyl (C=O) groups is 1. The molecule has 0 unspecified atom stereocenters. The van der Waals surface area contributed by atoms with Crippen LogP contribution in [-0.4, -0.2) is 54.8 Å². The Morgan fingerprint density at radius 3 is 2.82 bits per heavy atom. The summed E-state index contributed by atoms with van der Waals surface area (Å²) >= 11 is 7.28. The monoisotopic (exact) mass is 524 g/mol. The van der Waals surface area contributed by atoms with Crippen LogP contribution >= 0.6 is 22.9 Å². The van der Waals surface area contributed by atoms with Gasteiger partial charge in [0, 0.05) is 36.5 Å². The van der Waals surface area contributed by atoms with Gasteiger partial charge in [-0.3, -0.25) is 9.52 Å². The molecule has 3 rings (SSSR count). The maximum atomic E-state index is 12.5. The highest BCUT2D eigenvalue weighted by molar-refractivity contribution is 7.93. The number of nitrogens with two attached hydrogens (primary N) is 1. The number of aromatic nitrogens is 1. The number of hydrogen-bond acceptors (Lipinski definition) is 8. The molecule has 0 spiro atoms. The highest BCUT2D eigenvalue weighted by atomic mass is 35.5. The maximum absolute atomic E-state index is 12.5. The molecule has 0 saturated heterocycles. The van der Waals surface area contributed by atoms with Crippen molar-refractivity contribution < 1.29 is 22.7 Å². The smallest absolute Gasteiger partial charge is 0.289 e. The quantitative estimate of drug-likeness (QED) is 0.331. The molecular formula is C22H25ClN4O5S2. The summed E-state index contributed by atoms with van der Waals surface area (Å²) in [5.41, 5.74) is 7.85. The summed E-state index contributed by atoms with van der Waals surface area (Å²) < 4.78 is 32.5. The molecule has 0 aliphatic rings. The van der Waals surface area contributed by atoms with Crippen molar-refractivity contribution in [1.29, 1.82) is 0 Å². The second kappa shape index (κ2) is 12.1. The Morgan fingerprint density at radius 1 is 1.29 bits per heavy atom. The second-order valence-corrected chi connectivity index (χ2v) is 10.2. The number of furan rings is 1. The van der Waals surface area contributed by atoms with E-state index in [1.165, 1.54) is 17.2 Å². The van der Waals surface area contributed by atoms with Crippen molar-refractivity contribution in [3.05, 3.63) is 75.7 Å². The molecule has 9 nitrogen and oxygen atoms in total. The molecule has 0 aliphatic carbocycles. The summed E-state index contributed by atoms with van der Waals surface area (Å²) in [4.78, 5) is 18.2. The van der Waals surface area contributed by atoms with Crippen molar-refractivity contribution in [2.75, 3.05) is 30.2 Å². The van der Waals surface area contributed by atoms with Gasteiger partial charge in [-0.15, -0.1) is 11.3 Å². The largest absolute Gasteiger partial charge is 0.459 e. The van der Waals surface area contributed by atoms with E-state index in [1.807, 2.05) is 6.07 Å². The highest BCUT2D eigenvalue weighted by Gasteiger charge is 2.18. The zero-order valence-corrected chi connectivity index (χ0v) is 20.6. The molecule has 3 aromatic rings. The van der Waals surface area contributed by atoms with E-state index in [0.717, 1.165) is 22.5 Å². The number of amides is 1. The molecular weight excluding hydrogens is 500 g/mol. The van der Waals surface area contributed by atoms with Crippen LogP contribution < -0.4 is 10.5 Å². The van der Waals surface area contributed by atoms with Gasteiger partial charge < -0.3 is 20.2 Å². The van der Waals surface area contributed by atoms with E-state index in [-0.39, 0.29) is 42.2 Å². The van der Waals surface area contributed by atoms with Crippen molar-refractivity contribution in [2.45, 2.75) is 13.0 Å². The van der Waals surface area contributed by atoms with Gasteiger partial charge in [-0.1, -0.05) is 35.9 Å². The molecule has 34 heavy (non-hydrogen) atoms. The number of halogens is 1. The predicted molar refractivity (Wildman–Crippen MR) is 133 cm³/mol. The van der Waals surface area contributed by atoms with Crippen molar-refractivity contribution in [3.8, 4) is 0 Å². The molecule has 0 bridgehead atoms. The molecule has 0 aliphatic heterocycles. The zero-order chi connectivity index (χ0) is 24.6. The van der Waals surface area contributed by atoms with Crippen LogP contribution in [0.15, 0.2) is 52.5 Å². The molecule has 182 valence electrons. The van der Waals surface area contributed by atoms with Crippen molar-refractivity contribution in [3.63, 3.8) is 0 Å². The molecule has 0 fully saturated rings. The minimum atomic E-state index is -3.67. The molecule has 0 saturated carbocycles. The summed E-state index contributed by atoms with van der Waals surface area (Å²) in [5, 5.41) is 11.8. The van der Waals surface area contributed by atoms with Crippen LogP contribution in [0.3, 0.4) is 0 Å². The van der Waals surface area contributed by atoms with E-state index >= 15 is 0 Å². The number of benzene rings is 1. The lowest BCUT2D eigenvalue weighted by Crippen LogP contribution is -2.35. The van der Waals surface area contributed by atoms with Gasteiger partial charge >= 0.3 is 0 Å². The lowest BCUT2D eigenvalue weighted by molar-refractivity contribution is 0.0692. The summed E-state index contributed by atoms with van der Waals surface area (Å²) in [6.07, 6.45) is 4.99. The number of nitrogens with one attached hydrogen (secondary N) is 1. The topological polar surface area (TPSA) is 139 Å². The number of aliphatic hydroxyl groups is 1. The third-order valence-electron chi connectivity index (χ3n) is 4.79. The second-order valence-electron chi connectivity index (χ2n) is 7.18. The van der Waals surface area contributed by atoms with Crippen molar-refractivity contribution in [2.24, 2.45) is 5.73 Å². The number of hydrogen-bond donors (Lipinski definition) is 3.